The third-order valence-electron chi connectivity index (χ3n) is 4.58. The predicted octanol–water partition coefficient (Wildman–Crippen LogP) is 3.36. The average Bonchev–Trinajstić information content (AvgIpc) is 3.16. The van der Waals surface area contributed by atoms with Crippen LogP contribution in [0.3, 0.4) is 0 Å². The van der Waals surface area contributed by atoms with Crippen molar-refractivity contribution in [2.45, 2.75) is 12.6 Å². The Bertz CT molecular complexity index is 1000. The minimum Gasteiger partial charge on any atom is -0.487 e. The minimum atomic E-state index is -0.293. The van der Waals surface area contributed by atoms with Crippen molar-refractivity contribution in [3.05, 3.63) is 65.0 Å². The third-order valence-corrected chi connectivity index (χ3v) is 4.93. The van der Waals surface area contributed by atoms with Crippen LogP contribution in [0.15, 0.2) is 52.9 Å². The highest BCUT2D eigenvalue weighted by Crippen LogP contribution is 2.26. The summed E-state index contributed by atoms with van der Waals surface area (Å²) in [6, 6.07) is 15.0. The van der Waals surface area contributed by atoms with Gasteiger partial charge in [-0.3, -0.25) is 4.79 Å². The molecule has 0 saturated carbocycles. The number of carbonyl (C=O) groups is 1. The Morgan fingerprint density at radius 1 is 1.21 bits per heavy atom. The van der Waals surface area contributed by atoms with Crippen molar-refractivity contribution in [2.24, 2.45) is 0 Å². The molecule has 2 heterocycles. The summed E-state index contributed by atoms with van der Waals surface area (Å²) in [5.41, 5.74) is 1.82. The molecule has 1 saturated heterocycles. The number of nitrogens with zero attached hydrogens (tertiary/aromatic N) is 4. The molecule has 3 aromatic rings. The second-order valence-electron chi connectivity index (χ2n) is 7.22. The van der Waals surface area contributed by atoms with E-state index in [1.54, 1.807) is 4.90 Å². The average molecular weight is 413 g/mol. The van der Waals surface area contributed by atoms with Crippen molar-refractivity contribution in [2.75, 3.05) is 27.2 Å². The number of amides is 1. The second-order valence-corrected chi connectivity index (χ2v) is 7.63. The second kappa shape index (κ2) is 8.23. The lowest BCUT2D eigenvalue weighted by atomic mass is 10.1. The first-order chi connectivity index (χ1) is 14.0. The lowest BCUT2D eigenvalue weighted by molar-refractivity contribution is 0.0150. The Hall–Kier alpha value is -2.90. The van der Waals surface area contributed by atoms with Crippen molar-refractivity contribution in [1.29, 1.82) is 0 Å². The highest BCUT2D eigenvalue weighted by molar-refractivity contribution is 6.31. The van der Waals surface area contributed by atoms with Crippen LogP contribution < -0.4 is 4.74 Å². The number of likely N-dealkylation sites (tertiary alicyclic amines) is 1. The van der Waals surface area contributed by atoms with Crippen LogP contribution in [0.1, 0.15) is 16.2 Å². The van der Waals surface area contributed by atoms with E-state index in [0.29, 0.717) is 29.8 Å². The van der Waals surface area contributed by atoms with Gasteiger partial charge in [0.1, 0.15) is 11.9 Å². The van der Waals surface area contributed by atoms with E-state index in [9.17, 15) is 4.79 Å². The molecule has 0 unspecified atom stereocenters. The van der Waals surface area contributed by atoms with Gasteiger partial charge in [-0.1, -0.05) is 35.9 Å². The SMILES string of the molecule is CN(C)Cc1ccc(OC2CN(C(=O)c3nnc(-c4ccccc4)o3)C2)cc1Cl. The van der Waals surface area contributed by atoms with Gasteiger partial charge in [-0.25, -0.2) is 0 Å². The fourth-order valence-electron chi connectivity index (χ4n) is 3.08. The molecule has 1 aromatic heterocycles. The number of benzene rings is 2. The van der Waals surface area contributed by atoms with Gasteiger partial charge in [-0.2, -0.15) is 0 Å². The predicted molar refractivity (Wildman–Crippen MR) is 109 cm³/mol. The van der Waals surface area contributed by atoms with Crippen molar-refractivity contribution < 1.29 is 13.9 Å². The van der Waals surface area contributed by atoms with Gasteiger partial charge in [-0.15, -0.1) is 10.2 Å². The third kappa shape index (κ3) is 4.41. The molecule has 29 heavy (non-hydrogen) atoms. The zero-order valence-corrected chi connectivity index (χ0v) is 17.0. The van der Waals surface area contributed by atoms with E-state index >= 15 is 0 Å². The number of halogens is 1. The molecule has 0 aliphatic carbocycles. The van der Waals surface area contributed by atoms with Crippen LogP contribution in [0.5, 0.6) is 5.75 Å². The summed E-state index contributed by atoms with van der Waals surface area (Å²) >= 11 is 6.33. The van der Waals surface area contributed by atoms with Crippen molar-refractivity contribution >= 4 is 17.5 Å². The van der Waals surface area contributed by atoms with Gasteiger partial charge in [0.25, 0.3) is 0 Å². The summed E-state index contributed by atoms with van der Waals surface area (Å²) < 4.78 is 11.5. The quantitative estimate of drug-likeness (QED) is 0.618. The first-order valence-electron chi connectivity index (χ1n) is 9.27. The molecule has 1 amide bonds. The van der Waals surface area contributed by atoms with Gasteiger partial charge in [0.15, 0.2) is 0 Å². The van der Waals surface area contributed by atoms with Crippen molar-refractivity contribution in [3.8, 4) is 17.2 Å². The fourth-order valence-corrected chi connectivity index (χ4v) is 3.31. The van der Waals surface area contributed by atoms with Crippen LogP contribution in [0, 0.1) is 0 Å². The summed E-state index contributed by atoms with van der Waals surface area (Å²) in [6.45, 7) is 1.68. The van der Waals surface area contributed by atoms with Crippen molar-refractivity contribution in [1.82, 2.24) is 20.0 Å². The molecule has 1 fully saturated rings. The van der Waals surface area contributed by atoms with E-state index in [0.717, 1.165) is 17.7 Å². The molecule has 4 rings (SSSR count). The summed E-state index contributed by atoms with van der Waals surface area (Å²) in [5, 5.41) is 8.51. The number of aromatic nitrogens is 2. The summed E-state index contributed by atoms with van der Waals surface area (Å²) in [6.07, 6.45) is -0.0915. The van der Waals surface area contributed by atoms with Crippen LogP contribution in [0.25, 0.3) is 11.5 Å². The normalized spacial score (nSPS) is 14.1. The van der Waals surface area contributed by atoms with Crippen LogP contribution in [0.4, 0.5) is 0 Å². The van der Waals surface area contributed by atoms with Gasteiger partial charge < -0.3 is 19.0 Å². The Labute approximate surface area is 173 Å². The molecular weight excluding hydrogens is 392 g/mol. The van der Waals surface area contributed by atoms with Crippen molar-refractivity contribution in [3.63, 3.8) is 0 Å². The molecule has 0 atom stereocenters. The molecule has 2 aromatic carbocycles. The van der Waals surface area contributed by atoms with Crippen LogP contribution in [-0.4, -0.2) is 59.2 Å². The molecule has 0 bridgehead atoms. The number of ether oxygens (including phenoxy) is 1. The van der Waals surface area contributed by atoms with Crippen LogP contribution >= 0.6 is 11.6 Å². The van der Waals surface area contributed by atoms with E-state index in [2.05, 4.69) is 15.1 Å². The fraction of sp³-hybridized carbons (Fsp3) is 0.286. The van der Waals surface area contributed by atoms with Gasteiger partial charge in [0.2, 0.25) is 5.89 Å². The monoisotopic (exact) mass is 412 g/mol. The van der Waals surface area contributed by atoms with Gasteiger partial charge in [0.05, 0.1) is 13.1 Å². The van der Waals surface area contributed by atoms with Crippen LogP contribution in [0.2, 0.25) is 5.02 Å². The van der Waals surface area contributed by atoms with E-state index in [1.165, 1.54) is 0 Å². The number of hydrogen-bond acceptors (Lipinski definition) is 6. The molecule has 8 heteroatoms. The largest absolute Gasteiger partial charge is 0.487 e. The molecule has 7 nitrogen and oxygen atoms in total. The zero-order valence-electron chi connectivity index (χ0n) is 16.2. The highest BCUT2D eigenvalue weighted by atomic mass is 35.5. The highest BCUT2D eigenvalue weighted by Gasteiger charge is 2.35. The molecule has 0 N–H and O–H groups in total. The van der Waals surface area contributed by atoms with E-state index < -0.39 is 0 Å². The lowest BCUT2D eigenvalue weighted by Gasteiger charge is -2.38. The van der Waals surface area contributed by atoms with Gasteiger partial charge in [-0.05, 0) is 43.9 Å². The van der Waals surface area contributed by atoms with E-state index in [-0.39, 0.29) is 17.9 Å². The standard InChI is InChI=1S/C21H21ClN4O3/c1-25(2)11-15-8-9-16(10-18(15)22)28-17-12-26(13-17)21(27)20-24-23-19(29-20)14-6-4-3-5-7-14/h3-10,17H,11-13H2,1-2H3. The molecular formula is C21H21ClN4O3. The summed E-state index contributed by atoms with van der Waals surface area (Å²) in [5.74, 6) is 0.714. The Morgan fingerprint density at radius 3 is 2.66 bits per heavy atom. The molecule has 0 spiro atoms. The Morgan fingerprint density at radius 2 is 1.97 bits per heavy atom. The number of hydrogen-bond donors (Lipinski definition) is 0. The van der Waals surface area contributed by atoms with E-state index in [4.69, 9.17) is 20.8 Å². The lowest BCUT2D eigenvalue weighted by Crippen LogP contribution is -2.56. The summed E-state index contributed by atoms with van der Waals surface area (Å²) in [4.78, 5) is 16.2. The molecule has 150 valence electrons. The smallest absolute Gasteiger partial charge is 0.311 e. The van der Waals surface area contributed by atoms with E-state index in [1.807, 2.05) is 62.6 Å². The Kier molecular flexibility index (Phi) is 5.51. The van der Waals surface area contributed by atoms with Gasteiger partial charge in [0, 0.05) is 17.1 Å². The topological polar surface area (TPSA) is 71.7 Å². The maximum atomic E-state index is 12.5. The molecule has 1 aliphatic rings. The maximum Gasteiger partial charge on any atom is 0.311 e. The number of rotatable bonds is 6. The van der Waals surface area contributed by atoms with Gasteiger partial charge >= 0.3 is 11.8 Å². The molecule has 1 aliphatic heterocycles. The van der Waals surface area contributed by atoms with Crippen LogP contribution in [-0.2, 0) is 6.54 Å². The first-order valence-corrected chi connectivity index (χ1v) is 9.65. The first kappa shape index (κ1) is 19.4. The number of carbonyl (C=O) groups excluding carboxylic acids is 1. The Balaban J connectivity index is 1.33. The summed E-state index contributed by atoms with van der Waals surface area (Å²) in [7, 11) is 3.99. The minimum absolute atomic E-state index is 0.0154. The molecule has 0 radical (unpaired) electrons. The maximum absolute atomic E-state index is 12.5. The zero-order chi connectivity index (χ0) is 20.4.